The van der Waals surface area contributed by atoms with Gasteiger partial charge in [-0.05, 0) is 31.4 Å². The van der Waals surface area contributed by atoms with E-state index >= 15 is 0 Å². The van der Waals surface area contributed by atoms with Crippen molar-refractivity contribution in [3.8, 4) is 11.4 Å². The fourth-order valence-electron chi connectivity index (χ4n) is 4.35. The van der Waals surface area contributed by atoms with Crippen molar-refractivity contribution in [2.24, 2.45) is 0 Å². The molecule has 0 amide bonds. The molecule has 1 atom stereocenters. The molecule has 1 aliphatic heterocycles. The van der Waals surface area contributed by atoms with Crippen LogP contribution < -0.4 is 5.32 Å². The minimum Gasteiger partial charge on any atom is -0.365 e. The van der Waals surface area contributed by atoms with E-state index in [4.69, 9.17) is 5.10 Å². The van der Waals surface area contributed by atoms with Gasteiger partial charge >= 0.3 is 0 Å². The van der Waals surface area contributed by atoms with Gasteiger partial charge in [-0.1, -0.05) is 43.2 Å². The largest absolute Gasteiger partial charge is 0.365 e. The average molecular weight is 348 g/mol. The molecule has 1 saturated carbocycles. The third kappa shape index (κ3) is 2.94. The van der Waals surface area contributed by atoms with Crippen LogP contribution in [0.3, 0.4) is 0 Å². The zero-order chi connectivity index (χ0) is 17.3. The number of nitrogens with one attached hydrogen (secondary N) is 1. The zero-order valence-electron chi connectivity index (χ0n) is 14.9. The van der Waals surface area contributed by atoms with Gasteiger partial charge < -0.3 is 5.32 Å². The van der Waals surface area contributed by atoms with Crippen LogP contribution in [0.2, 0.25) is 0 Å². The lowest BCUT2D eigenvalue weighted by Gasteiger charge is -2.23. The molecule has 2 fully saturated rings. The van der Waals surface area contributed by atoms with Crippen LogP contribution in [-0.2, 0) is 0 Å². The first-order chi connectivity index (χ1) is 12.9. The van der Waals surface area contributed by atoms with E-state index in [-0.39, 0.29) is 0 Å². The molecule has 1 aliphatic carbocycles. The molecule has 1 N–H and O–H groups in total. The highest BCUT2D eigenvalue weighted by Gasteiger charge is 2.30. The maximum atomic E-state index is 4.76. The quantitative estimate of drug-likeness (QED) is 0.784. The standard InChI is InChI=1S/C20H24N6/c1-2-6-15(7-3-1)20-23-22-19-11-10-18(24-26(19)20)21-16-12-13-25(14-16)17-8-4-5-9-17/h1-3,6-7,10-11,16-17H,4-5,8-9,12-14H2,(H,21,24). The highest BCUT2D eigenvalue weighted by molar-refractivity contribution is 5.59. The van der Waals surface area contributed by atoms with Crippen LogP contribution in [0.1, 0.15) is 32.1 Å². The summed E-state index contributed by atoms with van der Waals surface area (Å²) in [5.41, 5.74) is 1.80. The van der Waals surface area contributed by atoms with Gasteiger partial charge in [-0.3, -0.25) is 4.90 Å². The van der Waals surface area contributed by atoms with Crippen molar-refractivity contribution in [2.75, 3.05) is 18.4 Å². The highest BCUT2D eigenvalue weighted by atomic mass is 15.4. The van der Waals surface area contributed by atoms with Crippen LogP contribution in [0.4, 0.5) is 5.82 Å². The van der Waals surface area contributed by atoms with Crippen molar-refractivity contribution in [1.82, 2.24) is 24.7 Å². The molecule has 0 radical (unpaired) electrons. The first kappa shape index (κ1) is 15.8. The summed E-state index contributed by atoms with van der Waals surface area (Å²) in [6, 6.07) is 15.4. The van der Waals surface area contributed by atoms with Gasteiger partial charge in [0.1, 0.15) is 5.82 Å². The van der Waals surface area contributed by atoms with Crippen molar-refractivity contribution in [3.63, 3.8) is 0 Å². The van der Waals surface area contributed by atoms with Crippen LogP contribution in [-0.4, -0.2) is 49.9 Å². The molecular formula is C20H24N6. The molecule has 0 bridgehead atoms. The number of anilines is 1. The highest BCUT2D eigenvalue weighted by Crippen LogP contribution is 2.27. The summed E-state index contributed by atoms with van der Waals surface area (Å²) in [6.45, 7) is 2.32. The van der Waals surface area contributed by atoms with E-state index < -0.39 is 0 Å². The second kappa shape index (κ2) is 6.68. The number of aromatic nitrogens is 4. The summed E-state index contributed by atoms with van der Waals surface area (Å²) >= 11 is 0. The molecule has 1 saturated heterocycles. The van der Waals surface area contributed by atoms with Gasteiger partial charge in [-0.25, -0.2) is 0 Å². The Morgan fingerprint density at radius 2 is 1.77 bits per heavy atom. The van der Waals surface area contributed by atoms with Gasteiger partial charge in [-0.2, -0.15) is 4.52 Å². The SMILES string of the molecule is c1ccc(-c2nnc3ccc(NC4CCN(C5CCCC5)C4)nn23)cc1. The van der Waals surface area contributed by atoms with Gasteiger partial charge in [0.2, 0.25) is 0 Å². The fraction of sp³-hybridized carbons (Fsp3) is 0.450. The van der Waals surface area contributed by atoms with Gasteiger partial charge in [0, 0.05) is 30.7 Å². The van der Waals surface area contributed by atoms with Crippen LogP contribution in [0.15, 0.2) is 42.5 Å². The smallest absolute Gasteiger partial charge is 0.185 e. The van der Waals surface area contributed by atoms with Crippen molar-refractivity contribution < 1.29 is 0 Å². The molecule has 6 nitrogen and oxygen atoms in total. The number of benzene rings is 1. The predicted molar refractivity (Wildman–Crippen MR) is 102 cm³/mol. The maximum Gasteiger partial charge on any atom is 0.185 e. The second-order valence-corrected chi connectivity index (χ2v) is 7.44. The summed E-state index contributed by atoms with van der Waals surface area (Å²) in [7, 11) is 0. The Kier molecular flexibility index (Phi) is 4.05. The van der Waals surface area contributed by atoms with Gasteiger partial charge in [0.15, 0.2) is 11.5 Å². The van der Waals surface area contributed by atoms with E-state index in [0.717, 1.165) is 35.4 Å². The minimum absolute atomic E-state index is 0.470. The normalized spacial score (nSPS) is 21.6. The zero-order valence-corrected chi connectivity index (χ0v) is 14.9. The van der Waals surface area contributed by atoms with Crippen molar-refractivity contribution in [2.45, 2.75) is 44.2 Å². The van der Waals surface area contributed by atoms with Crippen LogP contribution in [0.25, 0.3) is 17.0 Å². The number of rotatable bonds is 4. The Bertz CT molecular complexity index is 884. The summed E-state index contributed by atoms with van der Waals surface area (Å²) in [5, 5.41) is 16.9. The van der Waals surface area contributed by atoms with E-state index in [1.54, 1.807) is 0 Å². The van der Waals surface area contributed by atoms with Crippen molar-refractivity contribution in [1.29, 1.82) is 0 Å². The lowest BCUT2D eigenvalue weighted by atomic mass is 10.2. The summed E-state index contributed by atoms with van der Waals surface area (Å²) in [4.78, 5) is 2.66. The van der Waals surface area contributed by atoms with Crippen LogP contribution >= 0.6 is 0 Å². The number of hydrogen-bond acceptors (Lipinski definition) is 5. The molecule has 2 aliphatic rings. The third-order valence-electron chi connectivity index (χ3n) is 5.71. The molecule has 134 valence electrons. The first-order valence-corrected chi connectivity index (χ1v) is 9.65. The van der Waals surface area contributed by atoms with Gasteiger partial charge in [0.25, 0.3) is 0 Å². The number of hydrogen-bond donors (Lipinski definition) is 1. The number of fused-ring (bicyclic) bond motifs is 1. The molecular weight excluding hydrogens is 324 g/mol. The molecule has 6 heteroatoms. The number of nitrogens with zero attached hydrogens (tertiary/aromatic N) is 5. The molecule has 1 aromatic carbocycles. The third-order valence-corrected chi connectivity index (χ3v) is 5.71. The first-order valence-electron chi connectivity index (χ1n) is 9.65. The fourth-order valence-corrected chi connectivity index (χ4v) is 4.35. The van der Waals surface area contributed by atoms with Gasteiger partial charge in [-0.15, -0.1) is 15.3 Å². The number of likely N-dealkylation sites (tertiary alicyclic amines) is 1. The molecule has 3 heterocycles. The maximum absolute atomic E-state index is 4.76. The van der Waals surface area contributed by atoms with E-state index in [9.17, 15) is 0 Å². The van der Waals surface area contributed by atoms with E-state index in [2.05, 4.69) is 20.4 Å². The van der Waals surface area contributed by atoms with Crippen molar-refractivity contribution >= 4 is 11.5 Å². The van der Waals surface area contributed by atoms with E-state index in [1.165, 1.54) is 38.6 Å². The lowest BCUT2D eigenvalue weighted by Crippen LogP contribution is -2.33. The molecule has 26 heavy (non-hydrogen) atoms. The Morgan fingerprint density at radius 3 is 2.62 bits per heavy atom. The summed E-state index contributed by atoms with van der Waals surface area (Å²) in [5.74, 6) is 1.68. The Balaban J connectivity index is 1.35. The lowest BCUT2D eigenvalue weighted by molar-refractivity contribution is 0.245. The molecule has 3 aromatic rings. The van der Waals surface area contributed by atoms with E-state index in [0.29, 0.717) is 6.04 Å². The Labute approximate surface area is 153 Å². The molecule has 0 spiro atoms. The average Bonchev–Trinajstić information content (AvgIpc) is 3.43. The van der Waals surface area contributed by atoms with Crippen LogP contribution in [0, 0.1) is 0 Å². The summed E-state index contributed by atoms with van der Waals surface area (Å²) in [6.07, 6.45) is 6.72. The molecule has 2 aromatic heterocycles. The Morgan fingerprint density at radius 1 is 0.923 bits per heavy atom. The van der Waals surface area contributed by atoms with Gasteiger partial charge in [0.05, 0.1) is 0 Å². The molecule has 5 rings (SSSR count). The summed E-state index contributed by atoms with van der Waals surface area (Å²) < 4.78 is 1.83. The van der Waals surface area contributed by atoms with E-state index in [1.807, 2.05) is 47.0 Å². The predicted octanol–water partition coefficient (Wildman–Crippen LogP) is 3.22. The monoisotopic (exact) mass is 348 g/mol. The Hall–Kier alpha value is -2.47. The topological polar surface area (TPSA) is 58.4 Å². The second-order valence-electron chi connectivity index (χ2n) is 7.44. The van der Waals surface area contributed by atoms with Crippen LogP contribution in [0.5, 0.6) is 0 Å². The minimum atomic E-state index is 0.470. The van der Waals surface area contributed by atoms with Crippen molar-refractivity contribution in [3.05, 3.63) is 42.5 Å². The molecule has 1 unspecified atom stereocenters.